The van der Waals surface area contributed by atoms with E-state index in [0.29, 0.717) is 17.5 Å². The van der Waals surface area contributed by atoms with Crippen LogP contribution in [0.25, 0.3) is 10.9 Å². The van der Waals surface area contributed by atoms with E-state index < -0.39 is 16.6 Å². The lowest BCUT2D eigenvalue weighted by atomic mass is 10.1. The molecule has 2 rings (SSSR count). The number of hydrogen-bond donors (Lipinski definition) is 1. The van der Waals surface area contributed by atoms with Gasteiger partial charge in [-0.2, -0.15) is 0 Å². The van der Waals surface area contributed by atoms with Gasteiger partial charge < -0.3 is 14.8 Å². The minimum atomic E-state index is -0.720. The van der Waals surface area contributed by atoms with E-state index in [1.54, 1.807) is 26.8 Å². The van der Waals surface area contributed by atoms with Gasteiger partial charge in [0.25, 0.3) is 0 Å². The van der Waals surface area contributed by atoms with Crippen molar-refractivity contribution < 1.29 is 24.0 Å². The van der Waals surface area contributed by atoms with Crippen LogP contribution in [0.3, 0.4) is 0 Å². The molecule has 0 saturated carbocycles. The van der Waals surface area contributed by atoms with Crippen LogP contribution in [0.5, 0.6) is 5.75 Å². The van der Waals surface area contributed by atoms with Gasteiger partial charge in [0.1, 0.15) is 5.60 Å². The summed E-state index contributed by atoms with van der Waals surface area (Å²) in [5, 5.41) is 14.6. The number of carbonyl (C=O) groups is 2. The van der Waals surface area contributed by atoms with Gasteiger partial charge in [-0.3, -0.25) is 19.5 Å². The lowest BCUT2D eigenvalue weighted by Crippen LogP contribution is -2.26. The Labute approximate surface area is 156 Å². The number of nitrogens with one attached hydrogen (secondary N) is 1. The molecule has 2 aromatic rings. The Kier molecular flexibility index (Phi) is 5.72. The number of hydrogen-bond acceptors (Lipinski definition) is 6. The van der Waals surface area contributed by atoms with E-state index in [1.165, 1.54) is 30.9 Å². The van der Waals surface area contributed by atoms with Crippen LogP contribution in [0.1, 0.15) is 33.3 Å². The third kappa shape index (κ3) is 4.55. The highest BCUT2D eigenvalue weighted by Gasteiger charge is 2.28. The Morgan fingerprint density at radius 2 is 1.96 bits per heavy atom. The summed E-state index contributed by atoms with van der Waals surface area (Å²) >= 11 is 0. The van der Waals surface area contributed by atoms with Crippen molar-refractivity contribution in [1.29, 1.82) is 0 Å². The largest absolute Gasteiger partial charge is 0.490 e. The van der Waals surface area contributed by atoms with Crippen molar-refractivity contribution in [3.05, 3.63) is 34.0 Å². The molecule has 0 fully saturated rings. The van der Waals surface area contributed by atoms with E-state index in [-0.39, 0.29) is 29.3 Å². The van der Waals surface area contributed by atoms with Crippen LogP contribution in [0.4, 0.5) is 10.5 Å². The van der Waals surface area contributed by atoms with Gasteiger partial charge in [0.05, 0.1) is 22.9 Å². The molecule has 0 unspecified atom stereocenters. The van der Waals surface area contributed by atoms with Gasteiger partial charge >= 0.3 is 11.8 Å². The molecular weight excluding hydrogens is 354 g/mol. The second-order valence-corrected chi connectivity index (χ2v) is 7.01. The molecule has 1 N–H and O–H groups in total. The van der Waals surface area contributed by atoms with Crippen molar-refractivity contribution in [2.75, 3.05) is 13.7 Å². The summed E-state index contributed by atoms with van der Waals surface area (Å²) < 4.78 is 11.8. The maximum absolute atomic E-state index is 12.6. The SMILES string of the molecule is COc1ccc2c(c(CCNC(C)=O)cn2C(=O)OC(C)(C)C)c1[N+](=O)[O-]. The van der Waals surface area contributed by atoms with Gasteiger partial charge in [0.2, 0.25) is 5.91 Å². The van der Waals surface area contributed by atoms with Gasteiger partial charge in [-0.15, -0.1) is 0 Å². The van der Waals surface area contributed by atoms with Gasteiger partial charge in [-0.1, -0.05) is 0 Å². The molecule has 0 spiro atoms. The van der Waals surface area contributed by atoms with Crippen LogP contribution in [0.2, 0.25) is 0 Å². The Balaban J connectivity index is 2.64. The number of fused-ring (bicyclic) bond motifs is 1. The van der Waals surface area contributed by atoms with Crippen LogP contribution in [0.15, 0.2) is 18.3 Å². The predicted octanol–water partition coefficient (Wildman–Crippen LogP) is 3.02. The zero-order chi connectivity index (χ0) is 20.4. The van der Waals surface area contributed by atoms with Gasteiger partial charge in [-0.25, -0.2) is 4.79 Å². The highest BCUT2D eigenvalue weighted by atomic mass is 16.6. The zero-order valence-corrected chi connectivity index (χ0v) is 16.0. The average molecular weight is 377 g/mol. The molecule has 0 aliphatic heterocycles. The third-order valence-electron chi connectivity index (χ3n) is 3.75. The topological polar surface area (TPSA) is 113 Å². The smallest absolute Gasteiger partial charge is 0.419 e. The molecule has 146 valence electrons. The fraction of sp³-hybridized carbons (Fsp3) is 0.444. The molecule has 0 aliphatic carbocycles. The number of nitro benzene ring substituents is 1. The Morgan fingerprint density at radius 1 is 1.30 bits per heavy atom. The van der Waals surface area contributed by atoms with E-state index >= 15 is 0 Å². The van der Waals surface area contributed by atoms with Gasteiger partial charge in [-0.05, 0) is 44.9 Å². The molecule has 1 amide bonds. The van der Waals surface area contributed by atoms with E-state index in [0.717, 1.165) is 0 Å². The maximum Gasteiger partial charge on any atom is 0.419 e. The first kappa shape index (κ1) is 20.2. The molecular formula is C18H23N3O6. The van der Waals surface area contributed by atoms with Gasteiger partial charge in [0.15, 0.2) is 5.75 Å². The van der Waals surface area contributed by atoms with Crippen molar-refractivity contribution in [1.82, 2.24) is 9.88 Å². The number of rotatable bonds is 5. The zero-order valence-electron chi connectivity index (χ0n) is 16.0. The van der Waals surface area contributed by atoms with Crippen molar-refractivity contribution in [2.24, 2.45) is 0 Å². The summed E-state index contributed by atoms with van der Waals surface area (Å²) in [6, 6.07) is 3.02. The summed E-state index contributed by atoms with van der Waals surface area (Å²) in [6.07, 6.45) is 1.17. The maximum atomic E-state index is 12.6. The highest BCUT2D eigenvalue weighted by Crippen LogP contribution is 2.38. The van der Waals surface area contributed by atoms with E-state index in [9.17, 15) is 19.7 Å². The minimum absolute atomic E-state index is 0.0928. The average Bonchev–Trinajstić information content (AvgIpc) is 2.90. The van der Waals surface area contributed by atoms with E-state index in [4.69, 9.17) is 9.47 Å². The van der Waals surface area contributed by atoms with Crippen LogP contribution in [-0.2, 0) is 16.0 Å². The summed E-state index contributed by atoms with van der Waals surface area (Å²) in [7, 11) is 1.34. The molecule has 0 saturated heterocycles. The molecule has 9 heteroatoms. The number of nitro groups is 1. The van der Waals surface area contributed by atoms with Crippen molar-refractivity contribution in [3.8, 4) is 5.75 Å². The number of aromatic nitrogens is 1. The van der Waals surface area contributed by atoms with E-state index in [2.05, 4.69) is 5.32 Å². The summed E-state index contributed by atoms with van der Waals surface area (Å²) in [4.78, 5) is 34.8. The number of methoxy groups -OCH3 is 1. The van der Waals surface area contributed by atoms with Crippen LogP contribution in [0, 0.1) is 10.1 Å². The van der Waals surface area contributed by atoms with Crippen LogP contribution in [-0.4, -0.2) is 40.7 Å². The second kappa shape index (κ2) is 7.65. The molecule has 9 nitrogen and oxygen atoms in total. The fourth-order valence-corrected chi connectivity index (χ4v) is 2.74. The Hall–Kier alpha value is -3.10. The van der Waals surface area contributed by atoms with Crippen molar-refractivity contribution >= 4 is 28.6 Å². The first-order valence-corrected chi connectivity index (χ1v) is 8.38. The fourth-order valence-electron chi connectivity index (χ4n) is 2.74. The number of amides is 1. The molecule has 0 aliphatic rings. The molecule has 1 aromatic carbocycles. The van der Waals surface area contributed by atoms with Crippen LogP contribution < -0.4 is 10.1 Å². The predicted molar refractivity (Wildman–Crippen MR) is 99.2 cm³/mol. The lowest BCUT2D eigenvalue weighted by Gasteiger charge is -2.19. The number of ether oxygens (including phenoxy) is 2. The summed E-state index contributed by atoms with van der Waals surface area (Å²) in [5.41, 5.74) is -0.0671. The number of carbonyl (C=O) groups excluding carboxylic acids is 2. The monoisotopic (exact) mass is 377 g/mol. The number of nitrogens with zero attached hydrogens (tertiary/aromatic N) is 2. The first-order valence-electron chi connectivity index (χ1n) is 8.38. The second-order valence-electron chi connectivity index (χ2n) is 7.01. The van der Waals surface area contributed by atoms with Crippen molar-refractivity contribution in [2.45, 2.75) is 39.7 Å². The van der Waals surface area contributed by atoms with E-state index in [1.807, 2.05) is 0 Å². The molecule has 0 radical (unpaired) electrons. The Morgan fingerprint density at radius 3 is 2.48 bits per heavy atom. The summed E-state index contributed by atoms with van der Waals surface area (Å²) in [6.45, 7) is 6.87. The third-order valence-corrected chi connectivity index (χ3v) is 3.75. The van der Waals surface area contributed by atoms with Gasteiger partial charge in [0, 0.05) is 19.7 Å². The quantitative estimate of drug-likeness (QED) is 0.633. The molecule has 27 heavy (non-hydrogen) atoms. The highest BCUT2D eigenvalue weighted by molar-refractivity contribution is 5.99. The van der Waals surface area contributed by atoms with Crippen LogP contribution >= 0.6 is 0 Å². The first-order chi connectivity index (χ1) is 12.5. The Bertz CT molecular complexity index is 895. The normalized spacial score (nSPS) is 11.3. The standard InChI is InChI=1S/C18H23N3O6/c1-11(22)19-9-8-12-10-20(17(23)27-18(2,3)4)13-6-7-14(26-5)16(15(12)13)21(24)25/h6-7,10H,8-9H2,1-5H3,(H,19,22). The van der Waals surface area contributed by atoms with Crippen molar-refractivity contribution in [3.63, 3.8) is 0 Å². The molecule has 1 heterocycles. The molecule has 1 aromatic heterocycles. The number of benzene rings is 1. The lowest BCUT2D eigenvalue weighted by molar-refractivity contribution is -0.384. The molecule has 0 bridgehead atoms. The molecule has 0 atom stereocenters. The minimum Gasteiger partial charge on any atom is -0.490 e. The summed E-state index contributed by atoms with van der Waals surface area (Å²) in [5.74, 6) is -0.117.